The van der Waals surface area contributed by atoms with Crippen LogP contribution in [0, 0.1) is 5.82 Å². The number of nitrogens with zero attached hydrogens (tertiary/aromatic N) is 2. The predicted octanol–water partition coefficient (Wildman–Crippen LogP) is 2.61. The van der Waals surface area contributed by atoms with Gasteiger partial charge in [0, 0.05) is 18.4 Å². The number of furan rings is 1. The monoisotopic (exact) mass is 400 g/mol. The zero-order valence-electron chi connectivity index (χ0n) is 15.9. The number of carbonyl (C=O) groups is 2. The predicted molar refractivity (Wildman–Crippen MR) is 101 cm³/mol. The summed E-state index contributed by atoms with van der Waals surface area (Å²) in [4.78, 5) is 28.3. The molecule has 0 fully saturated rings. The van der Waals surface area contributed by atoms with E-state index in [0.717, 1.165) is 0 Å². The van der Waals surface area contributed by atoms with Gasteiger partial charge in [0.2, 0.25) is 23.5 Å². The van der Waals surface area contributed by atoms with E-state index in [4.69, 9.17) is 8.94 Å². The molecule has 2 heterocycles. The fourth-order valence-electron chi connectivity index (χ4n) is 2.59. The number of nitrogens with one attached hydrogen (secondary N) is 2. The van der Waals surface area contributed by atoms with Gasteiger partial charge >= 0.3 is 0 Å². The molecule has 0 saturated carbocycles. The fourth-order valence-corrected chi connectivity index (χ4v) is 2.59. The van der Waals surface area contributed by atoms with Gasteiger partial charge in [-0.3, -0.25) is 9.59 Å². The third-order valence-electron chi connectivity index (χ3n) is 4.15. The Balaban J connectivity index is 1.38. The van der Waals surface area contributed by atoms with E-state index in [9.17, 15) is 14.0 Å². The lowest BCUT2D eigenvalue weighted by atomic mass is 10.2. The number of aromatic nitrogens is 2. The quantitative estimate of drug-likeness (QED) is 0.571. The zero-order chi connectivity index (χ0) is 20.6. The summed E-state index contributed by atoms with van der Waals surface area (Å²) in [5.41, 5.74) is 0.647. The molecule has 0 aliphatic carbocycles. The molecule has 2 amide bonds. The second-order valence-electron chi connectivity index (χ2n) is 6.46. The number of aryl methyl sites for hydroxylation is 1. The van der Waals surface area contributed by atoms with Gasteiger partial charge in [0.1, 0.15) is 17.6 Å². The highest BCUT2D eigenvalue weighted by Gasteiger charge is 2.16. The van der Waals surface area contributed by atoms with Crippen molar-refractivity contribution < 1.29 is 22.9 Å². The summed E-state index contributed by atoms with van der Waals surface area (Å²) in [6.45, 7) is 1.88. The molecular formula is C20H21FN4O4. The van der Waals surface area contributed by atoms with Gasteiger partial charge in [-0.1, -0.05) is 5.16 Å². The van der Waals surface area contributed by atoms with Crippen LogP contribution in [0.2, 0.25) is 0 Å². The first kappa shape index (κ1) is 20.2. The van der Waals surface area contributed by atoms with Crippen molar-refractivity contribution in [3.8, 4) is 11.4 Å². The van der Waals surface area contributed by atoms with Crippen LogP contribution in [0.3, 0.4) is 0 Å². The van der Waals surface area contributed by atoms with E-state index in [-0.39, 0.29) is 30.6 Å². The van der Waals surface area contributed by atoms with Crippen LogP contribution in [0.1, 0.15) is 31.4 Å². The van der Waals surface area contributed by atoms with Gasteiger partial charge in [-0.2, -0.15) is 4.98 Å². The molecule has 2 N–H and O–H groups in total. The summed E-state index contributed by atoms with van der Waals surface area (Å²) in [5.74, 6) is 0.510. The maximum absolute atomic E-state index is 13.0. The number of amides is 2. The van der Waals surface area contributed by atoms with Gasteiger partial charge < -0.3 is 19.6 Å². The molecule has 1 unspecified atom stereocenters. The molecule has 0 bridgehead atoms. The molecule has 0 spiro atoms. The number of carbonyl (C=O) groups excluding carboxylic acids is 2. The Bertz CT molecular complexity index is 938. The molecule has 1 aromatic carbocycles. The highest BCUT2D eigenvalue weighted by atomic mass is 19.1. The van der Waals surface area contributed by atoms with Gasteiger partial charge in [-0.15, -0.1) is 0 Å². The summed E-state index contributed by atoms with van der Waals surface area (Å²) < 4.78 is 23.3. The number of halogens is 1. The van der Waals surface area contributed by atoms with E-state index < -0.39 is 6.04 Å². The van der Waals surface area contributed by atoms with Gasteiger partial charge in [-0.05, 0) is 49.7 Å². The van der Waals surface area contributed by atoms with E-state index in [1.165, 1.54) is 18.4 Å². The minimum atomic E-state index is -0.661. The van der Waals surface area contributed by atoms with Crippen LogP contribution in [0.25, 0.3) is 11.4 Å². The van der Waals surface area contributed by atoms with Crippen LogP contribution in [0.4, 0.5) is 4.39 Å². The second kappa shape index (κ2) is 9.63. The number of benzene rings is 1. The molecule has 9 heteroatoms. The Morgan fingerprint density at radius 3 is 2.72 bits per heavy atom. The lowest BCUT2D eigenvalue weighted by Gasteiger charge is -2.13. The maximum atomic E-state index is 13.0. The Kier molecular flexibility index (Phi) is 6.72. The molecule has 0 radical (unpaired) electrons. The van der Waals surface area contributed by atoms with Crippen molar-refractivity contribution in [3.63, 3.8) is 0 Å². The molecule has 2 aromatic heterocycles. The van der Waals surface area contributed by atoms with Crippen molar-refractivity contribution in [2.45, 2.75) is 38.8 Å². The third kappa shape index (κ3) is 6.00. The van der Waals surface area contributed by atoms with Gasteiger partial charge in [0.25, 0.3) is 0 Å². The summed E-state index contributed by atoms with van der Waals surface area (Å²) in [5, 5.41) is 9.20. The van der Waals surface area contributed by atoms with Crippen molar-refractivity contribution in [2.24, 2.45) is 0 Å². The van der Waals surface area contributed by atoms with Crippen LogP contribution in [-0.4, -0.2) is 28.0 Å². The third-order valence-corrected chi connectivity index (χ3v) is 4.15. The largest absolute Gasteiger partial charge is 0.467 e. The van der Waals surface area contributed by atoms with Crippen molar-refractivity contribution in [3.05, 3.63) is 60.1 Å². The Morgan fingerprint density at radius 2 is 2.00 bits per heavy atom. The van der Waals surface area contributed by atoms with E-state index in [0.29, 0.717) is 35.9 Å². The lowest BCUT2D eigenvalue weighted by molar-refractivity contribution is -0.128. The van der Waals surface area contributed by atoms with E-state index in [1.54, 1.807) is 31.2 Å². The minimum Gasteiger partial charge on any atom is -0.467 e. The highest BCUT2D eigenvalue weighted by Crippen LogP contribution is 2.16. The molecule has 29 heavy (non-hydrogen) atoms. The van der Waals surface area contributed by atoms with E-state index in [1.807, 2.05) is 0 Å². The maximum Gasteiger partial charge on any atom is 0.242 e. The topological polar surface area (TPSA) is 110 Å². The summed E-state index contributed by atoms with van der Waals surface area (Å²) in [6, 6.07) is 8.60. The second-order valence-corrected chi connectivity index (χ2v) is 6.46. The van der Waals surface area contributed by atoms with Crippen LogP contribution in [0.5, 0.6) is 0 Å². The molecule has 3 rings (SSSR count). The van der Waals surface area contributed by atoms with E-state index >= 15 is 0 Å². The first-order valence-corrected chi connectivity index (χ1v) is 9.19. The smallest absolute Gasteiger partial charge is 0.242 e. The van der Waals surface area contributed by atoms with Crippen molar-refractivity contribution in [1.82, 2.24) is 20.8 Å². The number of hydrogen-bond acceptors (Lipinski definition) is 6. The van der Waals surface area contributed by atoms with Crippen LogP contribution >= 0.6 is 0 Å². The number of rotatable bonds is 9. The summed E-state index contributed by atoms with van der Waals surface area (Å²) >= 11 is 0. The van der Waals surface area contributed by atoms with Crippen LogP contribution in [0.15, 0.2) is 51.6 Å². The molecular weight excluding hydrogens is 379 g/mol. The number of hydrogen-bond donors (Lipinski definition) is 2. The summed E-state index contributed by atoms with van der Waals surface area (Å²) in [7, 11) is 0. The summed E-state index contributed by atoms with van der Waals surface area (Å²) in [6.07, 6.45) is 2.64. The zero-order valence-corrected chi connectivity index (χ0v) is 15.9. The van der Waals surface area contributed by atoms with Crippen LogP contribution < -0.4 is 10.6 Å². The lowest BCUT2D eigenvalue weighted by Crippen LogP contribution is -2.44. The first-order chi connectivity index (χ1) is 14.0. The molecule has 0 saturated heterocycles. The molecule has 0 aliphatic heterocycles. The highest BCUT2D eigenvalue weighted by molar-refractivity contribution is 5.87. The average Bonchev–Trinajstić information content (AvgIpc) is 3.38. The molecule has 0 aliphatic rings. The Morgan fingerprint density at radius 1 is 1.21 bits per heavy atom. The normalized spacial score (nSPS) is 11.8. The van der Waals surface area contributed by atoms with Crippen molar-refractivity contribution in [2.75, 3.05) is 0 Å². The fraction of sp³-hybridized carbons (Fsp3) is 0.300. The van der Waals surface area contributed by atoms with Crippen molar-refractivity contribution in [1.29, 1.82) is 0 Å². The standard InChI is InChI=1S/C20H21FN4O4/c1-13(20(27)22-12-16-4-3-11-28-16)23-17(26)5-2-6-18-24-19(25-29-18)14-7-9-15(21)10-8-14/h3-4,7-11,13H,2,5-6,12H2,1H3,(H,22,27)(H,23,26). The van der Waals surface area contributed by atoms with Gasteiger partial charge in [0.15, 0.2) is 0 Å². The first-order valence-electron chi connectivity index (χ1n) is 9.19. The van der Waals surface area contributed by atoms with Crippen molar-refractivity contribution >= 4 is 11.8 Å². The van der Waals surface area contributed by atoms with E-state index in [2.05, 4.69) is 20.8 Å². The van der Waals surface area contributed by atoms with Crippen LogP contribution in [-0.2, 0) is 22.6 Å². The SMILES string of the molecule is CC(NC(=O)CCCc1nc(-c2ccc(F)cc2)no1)C(=O)NCc1ccco1. The molecule has 8 nitrogen and oxygen atoms in total. The minimum absolute atomic E-state index is 0.212. The Hall–Kier alpha value is -3.49. The molecule has 3 aromatic rings. The van der Waals surface area contributed by atoms with Gasteiger partial charge in [-0.25, -0.2) is 4.39 Å². The molecule has 152 valence electrons. The molecule has 1 atom stereocenters. The average molecular weight is 400 g/mol. The van der Waals surface area contributed by atoms with Gasteiger partial charge in [0.05, 0.1) is 12.8 Å². The Labute approximate surface area is 166 Å².